The van der Waals surface area contributed by atoms with Gasteiger partial charge in [0.25, 0.3) is 0 Å². The molecule has 0 spiro atoms. The van der Waals surface area contributed by atoms with E-state index in [-0.39, 0.29) is 0 Å². The summed E-state index contributed by atoms with van der Waals surface area (Å²) in [5, 5.41) is 13.1. The smallest absolute Gasteiger partial charge is 0.115 e. The number of aryl methyl sites for hydroxylation is 1. The molecule has 2 fully saturated rings. The van der Waals surface area contributed by atoms with Crippen molar-refractivity contribution in [1.29, 1.82) is 0 Å². The van der Waals surface area contributed by atoms with E-state index < -0.39 is 0 Å². The Kier molecular flexibility index (Phi) is 2.71. The molecule has 17 heavy (non-hydrogen) atoms. The van der Waals surface area contributed by atoms with E-state index in [1.54, 1.807) is 6.07 Å². The van der Waals surface area contributed by atoms with Crippen LogP contribution in [-0.2, 0) is 0 Å². The minimum atomic E-state index is 0.349. The lowest BCUT2D eigenvalue weighted by Crippen LogP contribution is -2.33. The van der Waals surface area contributed by atoms with Crippen LogP contribution in [0.15, 0.2) is 18.2 Å². The second kappa shape index (κ2) is 4.22. The zero-order valence-electron chi connectivity index (χ0n) is 10.3. The average molecular weight is 232 g/mol. The van der Waals surface area contributed by atoms with Crippen molar-refractivity contribution in [3.63, 3.8) is 0 Å². The van der Waals surface area contributed by atoms with Crippen LogP contribution in [0.3, 0.4) is 0 Å². The van der Waals surface area contributed by atoms with Gasteiger partial charge in [0, 0.05) is 24.3 Å². The van der Waals surface area contributed by atoms with E-state index in [0.717, 1.165) is 11.6 Å². The number of nitrogens with zero attached hydrogens (tertiary/aromatic N) is 1. The van der Waals surface area contributed by atoms with Crippen molar-refractivity contribution in [3.8, 4) is 5.75 Å². The van der Waals surface area contributed by atoms with E-state index in [9.17, 15) is 5.11 Å². The Morgan fingerprint density at radius 1 is 1.29 bits per heavy atom. The number of benzene rings is 1. The number of nitrogens with one attached hydrogen (secondary N) is 1. The van der Waals surface area contributed by atoms with Crippen LogP contribution in [-0.4, -0.2) is 35.2 Å². The third kappa shape index (κ3) is 2.00. The van der Waals surface area contributed by atoms with Gasteiger partial charge in [-0.3, -0.25) is 4.90 Å². The molecule has 92 valence electrons. The summed E-state index contributed by atoms with van der Waals surface area (Å²) >= 11 is 0. The summed E-state index contributed by atoms with van der Waals surface area (Å²) in [5.41, 5.74) is 2.29. The molecule has 0 aromatic heterocycles. The number of fused-ring (bicyclic) bond motifs is 1. The maximum absolute atomic E-state index is 9.41. The van der Waals surface area contributed by atoms with Gasteiger partial charge >= 0.3 is 0 Å². The SMILES string of the molecule is Cc1cc(O)ccc1NC1CCN2CCCC12. The van der Waals surface area contributed by atoms with Crippen molar-refractivity contribution < 1.29 is 5.11 Å². The number of rotatable bonds is 2. The molecule has 2 aliphatic heterocycles. The largest absolute Gasteiger partial charge is 0.508 e. The lowest BCUT2D eigenvalue weighted by Gasteiger charge is -2.23. The van der Waals surface area contributed by atoms with E-state index in [2.05, 4.69) is 10.2 Å². The van der Waals surface area contributed by atoms with E-state index in [1.807, 2.05) is 19.1 Å². The van der Waals surface area contributed by atoms with Gasteiger partial charge in [-0.05, 0) is 56.5 Å². The van der Waals surface area contributed by atoms with Crippen molar-refractivity contribution in [3.05, 3.63) is 23.8 Å². The zero-order valence-corrected chi connectivity index (χ0v) is 10.3. The predicted molar refractivity (Wildman–Crippen MR) is 69.5 cm³/mol. The molecule has 2 heterocycles. The first kappa shape index (κ1) is 10.9. The molecule has 2 atom stereocenters. The minimum Gasteiger partial charge on any atom is -0.508 e. The molecule has 1 aromatic rings. The fourth-order valence-electron chi connectivity index (χ4n) is 3.26. The lowest BCUT2D eigenvalue weighted by molar-refractivity contribution is 0.318. The third-order valence-corrected chi connectivity index (χ3v) is 4.16. The standard InChI is InChI=1S/C14H20N2O/c1-10-9-11(17)4-5-12(10)15-13-6-8-16-7-2-3-14(13)16/h4-5,9,13-15,17H,2-3,6-8H2,1H3. The molecule has 0 bridgehead atoms. The Labute approximate surface area is 102 Å². The highest BCUT2D eigenvalue weighted by Gasteiger charge is 2.36. The lowest BCUT2D eigenvalue weighted by atomic mass is 10.1. The molecule has 0 radical (unpaired) electrons. The molecule has 1 aromatic carbocycles. The molecule has 3 nitrogen and oxygen atoms in total. The maximum atomic E-state index is 9.41. The van der Waals surface area contributed by atoms with Crippen LogP contribution in [0.2, 0.25) is 0 Å². The van der Waals surface area contributed by atoms with Crippen LogP contribution in [0.1, 0.15) is 24.8 Å². The molecule has 2 aliphatic rings. The highest BCUT2D eigenvalue weighted by molar-refractivity contribution is 5.54. The Hall–Kier alpha value is -1.22. The van der Waals surface area contributed by atoms with Crippen molar-refractivity contribution in [2.75, 3.05) is 18.4 Å². The molecule has 2 N–H and O–H groups in total. The summed E-state index contributed by atoms with van der Waals surface area (Å²) < 4.78 is 0. The van der Waals surface area contributed by atoms with Crippen LogP contribution >= 0.6 is 0 Å². The molecule has 3 rings (SSSR count). The van der Waals surface area contributed by atoms with Gasteiger partial charge in [0.05, 0.1) is 0 Å². The summed E-state index contributed by atoms with van der Waals surface area (Å²) in [6.45, 7) is 4.56. The third-order valence-electron chi connectivity index (χ3n) is 4.16. The number of hydrogen-bond acceptors (Lipinski definition) is 3. The van der Waals surface area contributed by atoms with Gasteiger partial charge in [-0.25, -0.2) is 0 Å². The van der Waals surface area contributed by atoms with Crippen LogP contribution in [0.4, 0.5) is 5.69 Å². The second-order valence-corrected chi connectivity index (χ2v) is 5.28. The first-order valence-electron chi connectivity index (χ1n) is 6.54. The number of phenolic OH excluding ortho intramolecular Hbond substituents is 1. The molecule has 0 saturated carbocycles. The fourth-order valence-corrected chi connectivity index (χ4v) is 3.26. The fraction of sp³-hybridized carbons (Fsp3) is 0.571. The molecular weight excluding hydrogens is 212 g/mol. The van der Waals surface area contributed by atoms with Crippen molar-refractivity contribution in [2.24, 2.45) is 0 Å². The molecule has 0 amide bonds. The van der Waals surface area contributed by atoms with E-state index in [0.29, 0.717) is 11.8 Å². The van der Waals surface area contributed by atoms with Crippen LogP contribution in [0, 0.1) is 6.92 Å². The first-order chi connectivity index (χ1) is 8.24. The minimum absolute atomic E-state index is 0.349. The summed E-state index contributed by atoms with van der Waals surface area (Å²) in [7, 11) is 0. The average Bonchev–Trinajstić information content (AvgIpc) is 2.86. The molecule has 0 aliphatic carbocycles. The first-order valence-corrected chi connectivity index (χ1v) is 6.54. The van der Waals surface area contributed by atoms with E-state index >= 15 is 0 Å². The Morgan fingerprint density at radius 3 is 3.00 bits per heavy atom. The Bertz CT molecular complexity index is 419. The quantitative estimate of drug-likeness (QED) is 0.768. The van der Waals surface area contributed by atoms with Gasteiger partial charge in [-0.1, -0.05) is 0 Å². The van der Waals surface area contributed by atoms with Crippen LogP contribution in [0.25, 0.3) is 0 Å². The van der Waals surface area contributed by atoms with Crippen molar-refractivity contribution in [1.82, 2.24) is 4.90 Å². The van der Waals surface area contributed by atoms with Crippen LogP contribution in [0.5, 0.6) is 5.75 Å². The van der Waals surface area contributed by atoms with Gasteiger partial charge in [0.15, 0.2) is 0 Å². The summed E-state index contributed by atoms with van der Waals surface area (Å²) in [6.07, 6.45) is 3.91. The van der Waals surface area contributed by atoms with Gasteiger partial charge in [-0.2, -0.15) is 0 Å². The van der Waals surface area contributed by atoms with Gasteiger partial charge in [-0.15, -0.1) is 0 Å². The Morgan fingerprint density at radius 2 is 2.18 bits per heavy atom. The van der Waals surface area contributed by atoms with Gasteiger partial charge in [0.1, 0.15) is 5.75 Å². The highest BCUT2D eigenvalue weighted by Crippen LogP contribution is 2.31. The normalized spacial score (nSPS) is 28.3. The van der Waals surface area contributed by atoms with Crippen molar-refractivity contribution >= 4 is 5.69 Å². The maximum Gasteiger partial charge on any atom is 0.115 e. The molecular formula is C14H20N2O. The molecule has 2 unspecified atom stereocenters. The van der Waals surface area contributed by atoms with E-state index in [1.165, 1.54) is 38.0 Å². The number of hydrogen-bond donors (Lipinski definition) is 2. The predicted octanol–water partition coefficient (Wildman–Crippen LogP) is 2.35. The summed E-state index contributed by atoms with van der Waals surface area (Å²) in [6, 6.07) is 6.88. The summed E-state index contributed by atoms with van der Waals surface area (Å²) in [5.74, 6) is 0.349. The number of phenols is 1. The van der Waals surface area contributed by atoms with Crippen molar-refractivity contribution in [2.45, 2.75) is 38.3 Å². The zero-order chi connectivity index (χ0) is 11.8. The highest BCUT2D eigenvalue weighted by atomic mass is 16.3. The summed E-state index contributed by atoms with van der Waals surface area (Å²) in [4.78, 5) is 2.60. The molecule has 2 saturated heterocycles. The topological polar surface area (TPSA) is 35.5 Å². The number of aromatic hydroxyl groups is 1. The van der Waals surface area contributed by atoms with Crippen LogP contribution < -0.4 is 5.32 Å². The monoisotopic (exact) mass is 232 g/mol. The van der Waals surface area contributed by atoms with Gasteiger partial charge in [0.2, 0.25) is 0 Å². The van der Waals surface area contributed by atoms with E-state index in [4.69, 9.17) is 0 Å². The second-order valence-electron chi connectivity index (χ2n) is 5.28. The Balaban J connectivity index is 1.74. The number of anilines is 1. The van der Waals surface area contributed by atoms with Gasteiger partial charge < -0.3 is 10.4 Å². The molecule has 3 heteroatoms.